The number of alkyl halides is 3. The summed E-state index contributed by atoms with van der Waals surface area (Å²) in [4.78, 5) is 10.2. The molecule has 0 heterocycles. The molecule has 5 nitrogen and oxygen atoms in total. The number of rotatable bonds is 6. The number of carbonyl (C=O) groups is 1. The number of sulfonamides is 1. The van der Waals surface area contributed by atoms with Crippen molar-refractivity contribution in [2.75, 3.05) is 6.54 Å². The molecule has 0 aliphatic heterocycles. The minimum atomic E-state index is -4.53. The normalized spacial score (nSPS) is 12.1. The summed E-state index contributed by atoms with van der Waals surface area (Å²) in [5, 5.41) is 8.51. The number of hydrogen-bond acceptors (Lipinski definition) is 3. The summed E-state index contributed by atoms with van der Waals surface area (Å²) in [7, 11) is -3.93. The first kappa shape index (κ1) is 18.9. The molecule has 0 aromatic heterocycles. The number of nitrogens with one attached hydrogen (secondary N) is 1. The summed E-state index contributed by atoms with van der Waals surface area (Å²) >= 11 is 0. The Hall–Kier alpha value is -2.39. The summed E-state index contributed by atoms with van der Waals surface area (Å²) < 4.78 is 65.3. The van der Waals surface area contributed by atoms with E-state index in [0.717, 1.165) is 6.07 Å². The Morgan fingerprint density at radius 1 is 1.04 bits per heavy atom. The quantitative estimate of drug-likeness (QED) is 0.815. The third kappa shape index (κ3) is 4.80. The summed E-state index contributed by atoms with van der Waals surface area (Å²) in [6.45, 7) is -0.281. The predicted molar refractivity (Wildman–Crippen MR) is 84.3 cm³/mol. The first-order valence-electron chi connectivity index (χ1n) is 7.09. The molecule has 0 saturated heterocycles. The van der Waals surface area contributed by atoms with Gasteiger partial charge in [-0.15, -0.1) is 0 Å². The van der Waals surface area contributed by atoms with Crippen molar-refractivity contribution in [1.82, 2.24) is 4.72 Å². The van der Waals surface area contributed by atoms with Crippen LogP contribution < -0.4 is 4.72 Å². The Labute approximate surface area is 142 Å². The highest BCUT2D eigenvalue weighted by atomic mass is 32.2. The highest BCUT2D eigenvalue weighted by molar-refractivity contribution is 7.89. The van der Waals surface area contributed by atoms with E-state index in [-0.39, 0.29) is 29.0 Å². The van der Waals surface area contributed by atoms with Crippen molar-refractivity contribution in [2.24, 2.45) is 0 Å². The summed E-state index contributed by atoms with van der Waals surface area (Å²) in [5.41, 5.74) is -0.652. The maximum atomic E-state index is 13.1. The fourth-order valence-corrected chi connectivity index (χ4v) is 3.20. The molecule has 2 rings (SSSR count). The Kier molecular flexibility index (Phi) is 5.48. The summed E-state index contributed by atoms with van der Waals surface area (Å²) in [5.74, 6) is -1.15. The lowest BCUT2D eigenvalue weighted by Crippen LogP contribution is -2.26. The monoisotopic (exact) mass is 373 g/mol. The highest BCUT2D eigenvalue weighted by Gasteiger charge is 2.33. The van der Waals surface area contributed by atoms with Gasteiger partial charge in [0.1, 0.15) is 0 Å². The van der Waals surface area contributed by atoms with E-state index >= 15 is 0 Å². The standard InChI is InChI=1S/C16H14F3NO4S/c17-16(18,19)14-4-2-1-3-13(14)11-5-7-12(8-6-11)25(23,24)20-10-9-15(21)22/h1-8,20H,9-10H2,(H,21,22). The zero-order chi connectivity index (χ0) is 18.7. The van der Waals surface area contributed by atoms with Crippen molar-refractivity contribution in [1.29, 1.82) is 0 Å². The fraction of sp³-hybridized carbons (Fsp3) is 0.188. The molecule has 0 unspecified atom stereocenters. The molecule has 0 fully saturated rings. The van der Waals surface area contributed by atoms with Gasteiger partial charge in [0.05, 0.1) is 16.9 Å². The van der Waals surface area contributed by atoms with E-state index in [9.17, 15) is 26.4 Å². The van der Waals surface area contributed by atoms with Gasteiger partial charge in [0.2, 0.25) is 10.0 Å². The van der Waals surface area contributed by atoms with Crippen molar-refractivity contribution in [2.45, 2.75) is 17.5 Å². The third-order valence-corrected chi connectivity index (χ3v) is 4.82. The molecule has 0 bridgehead atoms. The van der Waals surface area contributed by atoms with Crippen LogP contribution in [0, 0.1) is 0 Å². The highest BCUT2D eigenvalue weighted by Crippen LogP contribution is 2.37. The van der Waals surface area contributed by atoms with Crippen LogP contribution in [0.25, 0.3) is 11.1 Å². The second kappa shape index (κ2) is 7.24. The molecule has 0 amide bonds. The average Bonchev–Trinajstić information content (AvgIpc) is 2.53. The van der Waals surface area contributed by atoms with E-state index in [1.54, 1.807) is 0 Å². The van der Waals surface area contributed by atoms with Crippen LogP contribution in [-0.2, 0) is 21.0 Å². The number of hydrogen-bond donors (Lipinski definition) is 2. The van der Waals surface area contributed by atoms with Crippen molar-refractivity contribution < 1.29 is 31.5 Å². The topological polar surface area (TPSA) is 83.5 Å². The van der Waals surface area contributed by atoms with E-state index in [1.165, 1.54) is 42.5 Å². The average molecular weight is 373 g/mol. The smallest absolute Gasteiger partial charge is 0.417 e. The number of carboxylic acids is 1. The molecule has 0 spiro atoms. The maximum Gasteiger partial charge on any atom is 0.417 e. The van der Waals surface area contributed by atoms with Gasteiger partial charge in [-0.05, 0) is 29.3 Å². The largest absolute Gasteiger partial charge is 0.481 e. The first-order chi connectivity index (χ1) is 11.6. The first-order valence-corrected chi connectivity index (χ1v) is 8.58. The van der Waals surface area contributed by atoms with Crippen molar-refractivity contribution >= 4 is 16.0 Å². The van der Waals surface area contributed by atoms with Gasteiger partial charge in [0.25, 0.3) is 0 Å². The van der Waals surface area contributed by atoms with E-state index in [4.69, 9.17) is 5.11 Å². The van der Waals surface area contributed by atoms with Gasteiger partial charge >= 0.3 is 12.1 Å². The minimum absolute atomic E-state index is 0.0576. The number of aliphatic carboxylic acids is 1. The van der Waals surface area contributed by atoms with Gasteiger partial charge in [0, 0.05) is 6.54 Å². The third-order valence-electron chi connectivity index (χ3n) is 3.34. The molecule has 2 aromatic carbocycles. The van der Waals surface area contributed by atoms with Crippen molar-refractivity contribution in [3.8, 4) is 11.1 Å². The van der Waals surface area contributed by atoms with Crippen LogP contribution in [0.3, 0.4) is 0 Å². The zero-order valence-electron chi connectivity index (χ0n) is 12.7. The predicted octanol–water partition coefficient (Wildman–Crippen LogP) is 3.13. The van der Waals surface area contributed by atoms with Gasteiger partial charge in [-0.25, -0.2) is 13.1 Å². The SMILES string of the molecule is O=C(O)CCNS(=O)(=O)c1ccc(-c2ccccc2C(F)(F)F)cc1. The van der Waals surface area contributed by atoms with Crippen LogP contribution in [0.15, 0.2) is 53.4 Å². The molecule has 9 heteroatoms. The van der Waals surface area contributed by atoms with E-state index in [0.29, 0.717) is 0 Å². The molecule has 0 atom stereocenters. The molecule has 25 heavy (non-hydrogen) atoms. The second-order valence-electron chi connectivity index (χ2n) is 5.11. The summed E-state index contributed by atoms with van der Waals surface area (Å²) in [6.07, 6.45) is -4.91. The van der Waals surface area contributed by atoms with E-state index < -0.39 is 27.7 Å². The zero-order valence-corrected chi connectivity index (χ0v) is 13.6. The molecule has 2 aromatic rings. The minimum Gasteiger partial charge on any atom is -0.481 e. The van der Waals surface area contributed by atoms with Gasteiger partial charge in [0.15, 0.2) is 0 Å². The molecule has 134 valence electrons. The maximum absolute atomic E-state index is 13.1. The summed E-state index contributed by atoms with van der Waals surface area (Å²) in [6, 6.07) is 9.88. The van der Waals surface area contributed by atoms with Crippen LogP contribution in [0.4, 0.5) is 13.2 Å². The molecule has 0 aliphatic carbocycles. The van der Waals surface area contributed by atoms with Crippen LogP contribution in [0.5, 0.6) is 0 Å². The van der Waals surface area contributed by atoms with Gasteiger partial charge in [-0.1, -0.05) is 30.3 Å². The van der Waals surface area contributed by atoms with Gasteiger partial charge < -0.3 is 5.11 Å². The lowest BCUT2D eigenvalue weighted by Gasteiger charge is -2.13. The molecule has 0 radical (unpaired) electrons. The lowest BCUT2D eigenvalue weighted by molar-refractivity contribution is -0.137. The lowest BCUT2D eigenvalue weighted by atomic mass is 9.99. The van der Waals surface area contributed by atoms with Crippen LogP contribution in [0.1, 0.15) is 12.0 Å². The number of halogens is 3. The second-order valence-corrected chi connectivity index (χ2v) is 6.88. The Bertz CT molecular complexity index is 862. The van der Waals surface area contributed by atoms with E-state index in [2.05, 4.69) is 4.72 Å². The Balaban J connectivity index is 2.28. The molecular weight excluding hydrogens is 359 g/mol. The molecule has 0 saturated carbocycles. The van der Waals surface area contributed by atoms with Crippen LogP contribution in [-0.4, -0.2) is 26.0 Å². The van der Waals surface area contributed by atoms with Gasteiger partial charge in [-0.2, -0.15) is 13.2 Å². The number of carboxylic acid groups (broad SMARTS) is 1. The van der Waals surface area contributed by atoms with Crippen LogP contribution >= 0.6 is 0 Å². The Morgan fingerprint density at radius 3 is 2.20 bits per heavy atom. The van der Waals surface area contributed by atoms with Crippen molar-refractivity contribution in [3.63, 3.8) is 0 Å². The molecular formula is C16H14F3NO4S. The van der Waals surface area contributed by atoms with Crippen molar-refractivity contribution in [3.05, 3.63) is 54.1 Å². The Morgan fingerprint density at radius 2 is 1.64 bits per heavy atom. The number of benzene rings is 2. The van der Waals surface area contributed by atoms with Gasteiger partial charge in [-0.3, -0.25) is 4.79 Å². The fourth-order valence-electron chi connectivity index (χ4n) is 2.17. The van der Waals surface area contributed by atoms with Crippen LogP contribution in [0.2, 0.25) is 0 Å². The molecule has 2 N–H and O–H groups in total. The van der Waals surface area contributed by atoms with E-state index in [1.807, 2.05) is 0 Å². The molecule has 0 aliphatic rings.